The highest BCUT2D eigenvalue weighted by Crippen LogP contribution is 2.47. The molecule has 0 fully saturated rings. The Morgan fingerprint density at radius 3 is 1.57 bits per heavy atom. The molecule has 5 nitrogen and oxygen atoms in total. The van der Waals surface area contributed by atoms with Gasteiger partial charge in [0.25, 0.3) is 0 Å². The van der Waals surface area contributed by atoms with Crippen LogP contribution in [-0.2, 0) is 0 Å². The smallest absolute Gasteiger partial charge is 0.238 e. The van der Waals surface area contributed by atoms with E-state index in [1.54, 1.807) is 0 Å². The quantitative estimate of drug-likeness (QED) is 0.186. The lowest BCUT2D eigenvalue weighted by molar-refractivity contribution is 0.954. The van der Waals surface area contributed by atoms with E-state index >= 15 is 0 Å². The van der Waals surface area contributed by atoms with E-state index in [1.807, 2.05) is 0 Å². The van der Waals surface area contributed by atoms with E-state index in [1.165, 1.54) is 70.4 Å². The first kappa shape index (κ1) is 28.2. The van der Waals surface area contributed by atoms with Crippen molar-refractivity contribution in [2.45, 2.75) is 0 Å². The fourth-order valence-electron chi connectivity index (χ4n) is 9.24. The molecule has 13 aromatic rings. The van der Waals surface area contributed by atoms with Crippen molar-refractivity contribution in [3.63, 3.8) is 0 Å². The zero-order valence-corrected chi connectivity index (χ0v) is 28.8. The van der Waals surface area contributed by atoms with E-state index in [9.17, 15) is 0 Å². The van der Waals surface area contributed by atoms with Crippen LogP contribution in [-0.4, -0.2) is 23.9 Å². The van der Waals surface area contributed by atoms with Crippen molar-refractivity contribution in [3.05, 3.63) is 164 Å². The SMILES string of the molecule is c1ccc2cc(-c3nc(-c4ccc5ccccc5c4)nc(-n4c5ccc6cccc7c6c5c5c6c(ccc8c9ccccc9n7c86)ccc54)n3)ccc2c1. The second-order valence-electron chi connectivity index (χ2n) is 14.4. The first-order valence-corrected chi connectivity index (χ1v) is 18.4. The van der Waals surface area contributed by atoms with Crippen molar-refractivity contribution in [1.82, 2.24) is 23.9 Å². The van der Waals surface area contributed by atoms with Crippen LogP contribution in [0, 0.1) is 0 Å². The molecular formula is C49H27N5. The van der Waals surface area contributed by atoms with Gasteiger partial charge in [-0.2, -0.15) is 9.97 Å². The molecular weight excluding hydrogens is 659 g/mol. The minimum absolute atomic E-state index is 0.598. The number of hydrogen-bond acceptors (Lipinski definition) is 3. The lowest BCUT2D eigenvalue weighted by Crippen LogP contribution is -2.06. The molecule has 54 heavy (non-hydrogen) atoms. The number of rotatable bonds is 3. The van der Waals surface area contributed by atoms with E-state index < -0.39 is 0 Å². The van der Waals surface area contributed by atoms with Crippen LogP contribution in [0.3, 0.4) is 0 Å². The lowest BCUT2D eigenvalue weighted by Gasteiger charge is -2.13. The standard InChI is InChI=1S/C49H27N5/c1-3-10-32-26-34(18-16-28(32)8-1)47-50-48(35-19-17-29-9-2-4-11-33(29)27-35)52-49(51-47)54-40-24-21-30-12-7-15-39-42(30)44(40)45-41(54)25-22-31-20-23-37-36-13-5-6-14-38(36)53(39)46(37)43(31)45/h1-27H. The summed E-state index contributed by atoms with van der Waals surface area (Å²) in [7, 11) is 0. The highest BCUT2D eigenvalue weighted by Gasteiger charge is 2.25. The van der Waals surface area contributed by atoms with Crippen molar-refractivity contribution in [3.8, 4) is 28.7 Å². The van der Waals surface area contributed by atoms with Gasteiger partial charge in [-0.1, -0.05) is 127 Å². The summed E-state index contributed by atoms with van der Waals surface area (Å²) < 4.78 is 4.77. The van der Waals surface area contributed by atoms with Gasteiger partial charge >= 0.3 is 0 Å². The molecule has 0 spiro atoms. The Morgan fingerprint density at radius 2 is 0.870 bits per heavy atom. The maximum Gasteiger partial charge on any atom is 0.238 e. The van der Waals surface area contributed by atoms with E-state index in [0.29, 0.717) is 17.6 Å². The third kappa shape index (κ3) is 3.65. The Bertz CT molecular complexity index is 3590. The first-order valence-electron chi connectivity index (χ1n) is 18.4. The molecule has 4 heterocycles. The molecule has 9 aromatic carbocycles. The molecule has 0 aliphatic heterocycles. The molecule has 0 saturated carbocycles. The molecule has 0 bridgehead atoms. The molecule has 13 rings (SSSR count). The number of fused-ring (bicyclic) bond motifs is 6. The monoisotopic (exact) mass is 685 g/mol. The van der Waals surface area contributed by atoms with Gasteiger partial charge in [-0.05, 0) is 68.7 Å². The van der Waals surface area contributed by atoms with E-state index in [0.717, 1.165) is 32.9 Å². The van der Waals surface area contributed by atoms with Gasteiger partial charge in [0.2, 0.25) is 5.95 Å². The summed E-state index contributed by atoms with van der Waals surface area (Å²) in [6.45, 7) is 0. The van der Waals surface area contributed by atoms with Gasteiger partial charge in [0.15, 0.2) is 11.6 Å². The van der Waals surface area contributed by atoms with Crippen LogP contribution >= 0.6 is 0 Å². The zero-order valence-electron chi connectivity index (χ0n) is 28.8. The second-order valence-corrected chi connectivity index (χ2v) is 14.4. The third-order valence-corrected chi connectivity index (χ3v) is 11.6. The molecule has 0 unspecified atom stereocenters. The highest BCUT2D eigenvalue weighted by atomic mass is 15.2. The van der Waals surface area contributed by atoms with Crippen molar-refractivity contribution in [1.29, 1.82) is 0 Å². The molecule has 0 aliphatic rings. The third-order valence-electron chi connectivity index (χ3n) is 11.6. The Labute approximate surface area is 307 Å². The highest BCUT2D eigenvalue weighted by molar-refractivity contribution is 6.37. The average Bonchev–Trinajstić information content (AvgIpc) is 3.71. The summed E-state index contributed by atoms with van der Waals surface area (Å²) in [5.74, 6) is 1.88. The van der Waals surface area contributed by atoms with E-state index in [-0.39, 0.29) is 0 Å². The summed E-state index contributed by atoms with van der Waals surface area (Å²) >= 11 is 0. The topological polar surface area (TPSA) is 48.0 Å². The van der Waals surface area contributed by atoms with Gasteiger partial charge < -0.3 is 4.40 Å². The molecule has 4 aromatic heterocycles. The minimum atomic E-state index is 0.598. The second kappa shape index (κ2) is 10.1. The van der Waals surface area contributed by atoms with Crippen LogP contribution in [0.4, 0.5) is 0 Å². The number of aromatic nitrogens is 5. The van der Waals surface area contributed by atoms with Gasteiger partial charge in [0.05, 0.1) is 27.6 Å². The normalized spacial score (nSPS) is 12.4. The Balaban J connectivity index is 1.20. The number of benzene rings is 9. The van der Waals surface area contributed by atoms with Gasteiger partial charge in [-0.15, -0.1) is 0 Å². The van der Waals surface area contributed by atoms with Crippen molar-refractivity contribution in [2.24, 2.45) is 0 Å². The van der Waals surface area contributed by atoms with Crippen LogP contribution in [0.2, 0.25) is 0 Å². The molecule has 0 radical (unpaired) electrons. The number of hydrogen-bond donors (Lipinski definition) is 0. The molecule has 5 heteroatoms. The predicted octanol–water partition coefficient (Wildman–Crippen LogP) is 12.4. The Hall–Kier alpha value is -7.37. The van der Waals surface area contributed by atoms with E-state index in [2.05, 4.69) is 173 Å². The largest absolute Gasteiger partial charge is 0.308 e. The minimum Gasteiger partial charge on any atom is -0.308 e. The summed E-state index contributed by atoms with van der Waals surface area (Å²) in [5.41, 5.74) is 7.70. The van der Waals surface area contributed by atoms with Crippen LogP contribution < -0.4 is 0 Å². The van der Waals surface area contributed by atoms with Gasteiger partial charge in [-0.3, -0.25) is 4.57 Å². The maximum absolute atomic E-state index is 5.35. The van der Waals surface area contributed by atoms with Crippen molar-refractivity contribution >= 4 is 92.2 Å². The zero-order chi connectivity index (χ0) is 35.1. The Kier molecular flexibility index (Phi) is 5.31. The van der Waals surface area contributed by atoms with E-state index in [4.69, 9.17) is 15.0 Å². The molecule has 0 atom stereocenters. The molecule has 0 N–H and O–H groups in total. The fraction of sp³-hybridized carbons (Fsp3) is 0. The summed E-state index contributed by atoms with van der Waals surface area (Å²) in [6, 6.07) is 58.9. The fourth-order valence-corrected chi connectivity index (χ4v) is 9.24. The lowest BCUT2D eigenvalue weighted by atomic mass is 9.98. The van der Waals surface area contributed by atoms with Crippen LogP contribution in [0.5, 0.6) is 0 Å². The van der Waals surface area contributed by atoms with Crippen molar-refractivity contribution in [2.75, 3.05) is 0 Å². The molecule has 0 aliphatic carbocycles. The first-order chi connectivity index (χ1) is 26.8. The molecule has 248 valence electrons. The molecule has 0 saturated heterocycles. The van der Waals surface area contributed by atoms with Gasteiger partial charge in [0, 0.05) is 43.4 Å². The van der Waals surface area contributed by atoms with Crippen molar-refractivity contribution < 1.29 is 0 Å². The van der Waals surface area contributed by atoms with Gasteiger partial charge in [0.1, 0.15) is 0 Å². The summed E-state index contributed by atoms with van der Waals surface area (Å²) in [5, 5.41) is 14.5. The van der Waals surface area contributed by atoms with Crippen LogP contribution in [0.1, 0.15) is 0 Å². The number of nitrogens with zero attached hydrogens (tertiary/aromatic N) is 5. The average molecular weight is 686 g/mol. The van der Waals surface area contributed by atoms with Gasteiger partial charge in [-0.25, -0.2) is 4.98 Å². The van der Waals surface area contributed by atoms with Crippen LogP contribution in [0.15, 0.2) is 164 Å². The Morgan fingerprint density at radius 1 is 0.333 bits per heavy atom. The maximum atomic E-state index is 5.35. The predicted molar refractivity (Wildman–Crippen MR) is 223 cm³/mol. The van der Waals surface area contributed by atoms with Crippen LogP contribution in [0.25, 0.3) is 121 Å². The number of para-hydroxylation sites is 1. The summed E-state index contributed by atoms with van der Waals surface area (Å²) in [4.78, 5) is 15.9. The summed E-state index contributed by atoms with van der Waals surface area (Å²) in [6.07, 6.45) is 0. The molecule has 0 amide bonds.